The molecular weight excluding hydrogens is 512 g/mol. The Labute approximate surface area is 229 Å². The summed E-state index contributed by atoms with van der Waals surface area (Å²) in [4.78, 5) is 8.17. The summed E-state index contributed by atoms with van der Waals surface area (Å²) < 4.78 is 2.59. The number of nitrogens with zero attached hydrogens (tertiary/aromatic N) is 7. The van der Waals surface area contributed by atoms with Crippen molar-refractivity contribution < 1.29 is 9.94 Å². The van der Waals surface area contributed by atoms with Crippen molar-refractivity contribution in [3.8, 4) is 6.07 Å². The average molecular weight is 536 g/mol. The minimum atomic E-state index is -0.319. The van der Waals surface area contributed by atoms with E-state index in [0.29, 0.717) is 45.4 Å². The maximum Gasteiger partial charge on any atom is 0.245 e. The van der Waals surface area contributed by atoms with Crippen LogP contribution in [0.2, 0.25) is 0 Å². The molecule has 1 atom stereocenters. The van der Waals surface area contributed by atoms with Crippen molar-refractivity contribution >= 4 is 33.9 Å². The Bertz CT molecular complexity index is 1740. The molecule has 2 aromatic carbocycles. The Morgan fingerprint density at radius 2 is 2.05 bits per heavy atom. The number of allylic oxidation sites excluding steroid dienone is 5. The zero-order valence-corrected chi connectivity index (χ0v) is 21.8. The summed E-state index contributed by atoms with van der Waals surface area (Å²) in [7, 11) is 0. The number of halogens is 1. The Morgan fingerprint density at radius 3 is 2.72 bits per heavy atom. The van der Waals surface area contributed by atoms with Crippen molar-refractivity contribution in [3.63, 3.8) is 0 Å². The summed E-state index contributed by atoms with van der Waals surface area (Å²) in [6, 6.07) is 21.2. The minimum Gasteiger partial charge on any atom is -0.341 e. The highest BCUT2D eigenvalue weighted by Crippen LogP contribution is 2.30. The van der Waals surface area contributed by atoms with Crippen LogP contribution in [0, 0.1) is 11.3 Å². The molecule has 0 amide bonds. The standard InChI is InChI=1S/C29H24ClN8O/c1-3-27(37-18-32-35-36-37)23(13-19(2)30)22-10-12-28(38(39)17-22)24(14-20-7-5-4-6-8-20)29-33-25-11-9-21(16-31)15-26(25)34-29/h3-13,15,17-18,24,39H,1,14H2,2H3,(H,33,34)/q+1/b19-13+,27-23-. The monoisotopic (exact) mass is 535 g/mol. The Hall–Kier alpha value is -5.07. The molecule has 5 rings (SSSR count). The molecule has 0 aliphatic carbocycles. The van der Waals surface area contributed by atoms with Crippen molar-refractivity contribution in [3.05, 3.63) is 125 Å². The molecule has 2 N–H and O–H groups in total. The molecule has 0 saturated carbocycles. The number of nitriles is 1. The molecule has 3 heterocycles. The van der Waals surface area contributed by atoms with E-state index in [1.807, 2.05) is 48.5 Å². The van der Waals surface area contributed by atoms with E-state index in [4.69, 9.17) is 16.6 Å². The number of pyridine rings is 1. The Kier molecular flexibility index (Phi) is 7.30. The van der Waals surface area contributed by atoms with Gasteiger partial charge in [0.2, 0.25) is 11.9 Å². The van der Waals surface area contributed by atoms with Gasteiger partial charge in [0, 0.05) is 21.4 Å². The van der Waals surface area contributed by atoms with Crippen molar-refractivity contribution in [1.82, 2.24) is 30.2 Å². The minimum absolute atomic E-state index is 0.319. The first-order valence-corrected chi connectivity index (χ1v) is 12.5. The van der Waals surface area contributed by atoms with Gasteiger partial charge in [-0.05, 0) is 65.8 Å². The normalized spacial score (nSPS) is 13.1. The number of H-pyrrole nitrogens is 1. The van der Waals surface area contributed by atoms with Crippen LogP contribution in [-0.2, 0) is 6.42 Å². The first kappa shape index (κ1) is 25.6. The topological polar surface area (TPSA) is 120 Å². The molecule has 3 aromatic heterocycles. The maximum atomic E-state index is 11.3. The number of nitrogens with one attached hydrogen (secondary N) is 1. The summed E-state index contributed by atoms with van der Waals surface area (Å²) >= 11 is 6.27. The van der Waals surface area contributed by atoms with Gasteiger partial charge in [-0.2, -0.15) is 9.94 Å². The van der Waals surface area contributed by atoms with Crippen LogP contribution in [0.15, 0.2) is 97.0 Å². The number of tetrazole rings is 1. The third-order valence-corrected chi connectivity index (χ3v) is 6.39. The zero-order valence-electron chi connectivity index (χ0n) is 21.0. The number of hydrogen-bond acceptors (Lipinski definition) is 6. The summed E-state index contributed by atoms with van der Waals surface area (Å²) in [5.41, 5.74) is 5.69. The second kappa shape index (κ2) is 11.1. The quantitative estimate of drug-likeness (QED) is 0.163. The van der Waals surface area contributed by atoms with Crippen LogP contribution in [-0.4, -0.2) is 35.4 Å². The maximum absolute atomic E-state index is 11.3. The molecule has 9 nitrogen and oxygen atoms in total. The highest BCUT2D eigenvalue weighted by Gasteiger charge is 2.29. The summed E-state index contributed by atoms with van der Waals surface area (Å²) in [5, 5.41) is 32.6. The van der Waals surface area contributed by atoms with E-state index in [2.05, 4.69) is 33.2 Å². The number of fused-ring (bicyclic) bond motifs is 1. The molecule has 0 fully saturated rings. The van der Waals surface area contributed by atoms with Crippen LogP contribution in [0.4, 0.5) is 0 Å². The highest BCUT2D eigenvalue weighted by molar-refractivity contribution is 6.30. The predicted octanol–water partition coefficient (Wildman–Crippen LogP) is 5.02. The lowest BCUT2D eigenvalue weighted by Crippen LogP contribution is -2.38. The van der Waals surface area contributed by atoms with E-state index in [9.17, 15) is 10.5 Å². The molecule has 0 saturated heterocycles. The fraction of sp³-hybridized carbons (Fsp3) is 0.103. The molecule has 39 heavy (non-hydrogen) atoms. The number of aromatic nitrogens is 7. The van der Waals surface area contributed by atoms with Gasteiger partial charge < -0.3 is 4.98 Å². The third-order valence-electron chi connectivity index (χ3n) is 6.28. The van der Waals surface area contributed by atoms with Gasteiger partial charge >= 0.3 is 0 Å². The predicted molar refractivity (Wildman–Crippen MR) is 147 cm³/mol. The van der Waals surface area contributed by atoms with Crippen LogP contribution < -0.4 is 4.73 Å². The number of benzene rings is 2. The van der Waals surface area contributed by atoms with Crippen LogP contribution in [0.3, 0.4) is 0 Å². The molecule has 1 unspecified atom stereocenters. The molecule has 0 aliphatic rings. The van der Waals surface area contributed by atoms with Gasteiger partial charge in [0.05, 0.1) is 33.9 Å². The van der Waals surface area contributed by atoms with Gasteiger partial charge in [-0.3, -0.25) is 5.21 Å². The van der Waals surface area contributed by atoms with Crippen molar-refractivity contribution in [2.75, 3.05) is 0 Å². The van der Waals surface area contributed by atoms with E-state index in [1.165, 1.54) is 11.0 Å². The van der Waals surface area contributed by atoms with Gasteiger partial charge in [-0.25, -0.2) is 4.98 Å². The van der Waals surface area contributed by atoms with Crippen LogP contribution in [0.1, 0.15) is 41.1 Å². The largest absolute Gasteiger partial charge is 0.341 e. The fourth-order valence-corrected chi connectivity index (χ4v) is 4.60. The molecule has 192 valence electrons. The van der Waals surface area contributed by atoms with Gasteiger partial charge in [-0.15, -0.1) is 5.10 Å². The van der Waals surface area contributed by atoms with Gasteiger partial charge in [-0.1, -0.05) is 48.5 Å². The van der Waals surface area contributed by atoms with Gasteiger partial charge in [0.15, 0.2) is 0 Å². The van der Waals surface area contributed by atoms with E-state index in [0.717, 1.165) is 21.3 Å². The number of rotatable bonds is 8. The average Bonchev–Trinajstić information content (AvgIpc) is 3.62. The first-order chi connectivity index (χ1) is 19.0. The van der Waals surface area contributed by atoms with Crippen LogP contribution >= 0.6 is 11.6 Å². The molecule has 10 heteroatoms. The van der Waals surface area contributed by atoms with Gasteiger partial charge in [0.25, 0.3) is 0 Å². The number of imidazole rings is 1. The van der Waals surface area contributed by atoms with E-state index in [1.54, 1.807) is 37.4 Å². The van der Waals surface area contributed by atoms with E-state index < -0.39 is 0 Å². The molecule has 0 aliphatic heterocycles. The first-order valence-electron chi connectivity index (χ1n) is 12.1. The van der Waals surface area contributed by atoms with Crippen LogP contribution in [0.5, 0.6) is 0 Å². The Balaban J connectivity index is 1.63. The summed E-state index contributed by atoms with van der Waals surface area (Å²) in [6.45, 7) is 5.67. The molecular formula is C29H24ClN8O+. The highest BCUT2D eigenvalue weighted by atomic mass is 35.5. The lowest BCUT2D eigenvalue weighted by atomic mass is 9.94. The van der Waals surface area contributed by atoms with Crippen LogP contribution in [0.25, 0.3) is 22.3 Å². The van der Waals surface area contributed by atoms with Crippen molar-refractivity contribution in [2.45, 2.75) is 19.3 Å². The van der Waals surface area contributed by atoms with Crippen molar-refractivity contribution in [1.29, 1.82) is 5.26 Å². The lowest BCUT2D eigenvalue weighted by molar-refractivity contribution is -0.910. The molecule has 5 aromatic rings. The van der Waals surface area contributed by atoms with Gasteiger partial charge in [0.1, 0.15) is 18.1 Å². The SMILES string of the molecule is C=C/C(=C(\C=C(/C)Cl)c1ccc(C(Cc2ccccc2)c2nc3ccc(C#N)cc3[nH]2)[n+](O)c1)n1cnnn1. The van der Waals surface area contributed by atoms with E-state index in [-0.39, 0.29) is 5.92 Å². The molecule has 0 spiro atoms. The number of aromatic amines is 1. The lowest BCUT2D eigenvalue weighted by Gasteiger charge is -2.13. The number of hydrogen-bond donors (Lipinski definition) is 2. The third kappa shape index (κ3) is 5.46. The second-order valence-corrected chi connectivity index (χ2v) is 9.48. The Morgan fingerprint density at radius 1 is 1.23 bits per heavy atom. The smallest absolute Gasteiger partial charge is 0.245 e. The zero-order chi connectivity index (χ0) is 27.4. The second-order valence-electron chi connectivity index (χ2n) is 8.88. The fourth-order valence-electron chi connectivity index (χ4n) is 4.49. The molecule has 0 radical (unpaired) electrons. The summed E-state index contributed by atoms with van der Waals surface area (Å²) in [6.07, 6.45) is 7.05. The van der Waals surface area contributed by atoms with Crippen molar-refractivity contribution in [2.24, 2.45) is 0 Å². The molecule has 0 bridgehead atoms. The van der Waals surface area contributed by atoms with E-state index >= 15 is 0 Å². The summed E-state index contributed by atoms with van der Waals surface area (Å²) in [5.74, 6) is 0.354.